The first kappa shape index (κ1) is 31.7. The highest BCUT2D eigenvalue weighted by atomic mass is 32.2. The first-order valence-electron chi connectivity index (χ1n) is 13.9. The molecule has 0 spiro atoms. The van der Waals surface area contributed by atoms with E-state index in [0.717, 1.165) is 29.4 Å². The molecule has 1 N–H and O–H groups in total. The molecule has 3 aromatic rings. The Balaban J connectivity index is 1.86. The van der Waals surface area contributed by atoms with Gasteiger partial charge in [0.1, 0.15) is 11.8 Å². The van der Waals surface area contributed by atoms with Gasteiger partial charge in [-0.05, 0) is 43.0 Å². The molecule has 0 aromatic heterocycles. The zero-order valence-electron chi connectivity index (χ0n) is 24.4. The molecular weight excluding hydrogens is 538 g/mol. The lowest BCUT2D eigenvalue weighted by Gasteiger charge is -2.32. The van der Waals surface area contributed by atoms with Crippen molar-refractivity contribution in [2.45, 2.75) is 52.1 Å². The maximum Gasteiger partial charge on any atom is 0.243 e. The summed E-state index contributed by atoms with van der Waals surface area (Å²) in [5, 5.41) is 2.98. The molecule has 0 fully saturated rings. The van der Waals surface area contributed by atoms with Gasteiger partial charge in [-0.1, -0.05) is 73.2 Å². The number of ether oxygens (including phenoxy) is 1. The van der Waals surface area contributed by atoms with Gasteiger partial charge in [-0.3, -0.25) is 13.9 Å². The highest BCUT2D eigenvalue weighted by molar-refractivity contribution is 7.92. The van der Waals surface area contributed by atoms with Crippen LogP contribution in [0, 0.1) is 6.92 Å². The Morgan fingerprint density at radius 2 is 1.66 bits per heavy atom. The Labute approximate surface area is 244 Å². The van der Waals surface area contributed by atoms with Crippen LogP contribution in [0.2, 0.25) is 0 Å². The number of nitrogens with one attached hydrogen (secondary N) is 1. The molecule has 0 aliphatic rings. The molecule has 0 aliphatic carbocycles. The Morgan fingerprint density at radius 3 is 2.29 bits per heavy atom. The van der Waals surface area contributed by atoms with Crippen LogP contribution in [0.4, 0.5) is 5.69 Å². The summed E-state index contributed by atoms with van der Waals surface area (Å²) in [5.74, 6) is 0.126. The molecule has 0 radical (unpaired) electrons. The number of anilines is 1. The predicted octanol–water partition coefficient (Wildman–Crippen LogP) is 4.72. The van der Waals surface area contributed by atoms with Gasteiger partial charge in [-0.25, -0.2) is 8.42 Å². The second kappa shape index (κ2) is 15.2. The summed E-state index contributed by atoms with van der Waals surface area (Å²) in [5.41, 5.74) is 3.44. The average Bonchev–Trinajstić information content (AvgIpc) is 2.96. The van der Waals surface area contributed by atoms with Gasteiger partial charge in [0.05, 0.1) is 19.1 Å². The smallest absolute Gasteiger partial charge is 0.243 e. The summed E-state index contributed by atoms with van der Waals surface area (Å²) in [6.07, 6.45) is 2.65. The van der Waals surface area contributed by atoms with E-state index >= 15 is 0 Å². The van der Waals surface area contributed by atoms with Crippen LogP contribution in [0.5, 0.6) is 5.75 Å². The molecule has 41 heavy (non-hydrogen) atoms. The number of aryl methyl sites for hydroxylation is 1. The van der Waals surface area contributed by atoms with Crippen molar-refractivity contribution < 1.29 is 22.7 Å². The maximum absolute atomic E-state index is 13.9. The summed E-state index contributed by atoms with van der Waals surface area (Å²) in [7, 11) is -2.08. The molecule has 3 aromatic carbocycles. The van der Waals surface area contributed by atoms with Gasteiger partial charge < -0.3 is 15.0 Å². The molecule has 220 valence electrons. The van der Waals surface area contributed by atoms with E-state index < -0.39 is 16.1 Å². The van der Waals surface area contributed by atoms with Crippen molar-refractivity contribution in [2.24, 2.45) is 0 Å². The number of amides is 2. The monoisotopic (exact) mass is 579 g/mol. The van der Waals surface area contributed by atoms with Crippen molar-refractivity contribution in [1.29, 1.82) is 0 Å². The molecule has 3 rings (SSSR count). The number of nitrogens with zero attached hydrogens (tertiary/aromatic N) is 2. The van der Waals surface area contributed by atoms with Crippen molar-refractivity contribution in [3.05, 3.63) is 95.6 Å². The quantitative estimate of drug-likeness (QED) is 0.281. The molecule has 0 aliphatic heterocycles. The zero-order chi connectivity index (χ0) is 29.8. The Hall–Kier alpha value is -3.85. The van der Waals surface area contributed by atoms with Gasteiger partial charge in [-0.15, -0.1) is 0 Å². The van der Waals surface area contributed by atoms with E-state index in [9.17, 15) is 18.0 Å². The van der Waals surface area contributed by atoms with E-state index in [1.165, 1.54) is 11.4 Å². The van der Waals surface area contributed by atoms with E-state index in [-0.39, 0.29) is 37.7 Å². The summed E-state index contributed by atoms with van der Waals surface area (Å²) in [4.78, 5) is 28.9. The Kier molecular flexibility index (Phi) is 11.8. The molecule has 2 amide bonds. The Morgan fingerprint density at radius 1 is 0.951 bits per heavy atom. The molecule has 0 heterocycles. The van der Waals surface area contributed by atoms with Crippen molar-refractivity contribution in [1.82, 2.24) is 10.2 Å². The van der Waals surface area contributed by atoms with Crippen LogP contribution in [-0.2, 0) is 32.6 Å². The topological polar surface area (TPSA) is 96.0 Å². The molecule has 0 unspecified atom stereocenters. The highest BCUT2D eigenvalue weighted by Gasteiger charge is 2.30. The third-order valence-corrected chi connectivity index (χ3v) is 7.98. The lowest BCUT2D eigenvalue weighted by atomic mass is 10.0. The van der Waals surface area contributed by atoms with Crippen LogP contribution in [-0.4, -0.2) is 57.6 Å². The molecular formula is C32H41N3O5S. The minimum atomic E-state index is -3.61. The van der Waals surface area contributed by atoms with E-state index in [0.29, 0.717) is 24.4 Å². The average molecular weight is 580 g/mol. The summed E-state index contributed by atoms with van der Waals surface area (Å²) < 4.78 is 31.8. The standard InChI is InChI=1S/C32H41N3O5S/c1-5-20-33-32(37)30(22-26-11-7-6-8-12-26)34(24-27-18-16-25(2)17-19-27)31(36)15-10-21-35(41(4,38)39)28-13-9-14-29(23-28)40-3/h6-9,11-14,16-19,23,30H,5,10,15,20-22,24H2,1-4H3,(H,33,37)/t30-/m0/s1. The van der Waals surface area contributed by atoms with Gasteiger partial charge >= 0.3 is 0 Å². The van der Waals surface area contributed by atoms with Crippen LogP contribution in [0.15, 0.2) is 78.9 Å². The van der Waals surface area contributed by atoms with E-state index in [2.05, 4.69) is 5.32 Å². The van der Waals surface area contributed by atoms with Gasteiger partial charge in [0.25, 0.3) is 0 Å². The summed E-state index contributed by atoms with van der Waals surface area (Å²) >= 11 is 0. The highest BCUT2D eigenvalue weighted by Crippen LogP contribution is 2.24. The van der Waals surface area contributed by atoms with Gasteiger partial charge in [0.15, 0.2) is 0 Å². The summed E-state index contributed by atoms with van der Waals surface area (Å²) in [6, 6.07) is 23.7. The van der Waals surface area contributed by atoms with E-state index in [1.807, 2.05) is 68.4 Å². The van der Waals surface area contributed by atoms with Crippen molar-refractivity contribution >= 4 is 27.5 Å². The number of hydrogen-bond acceptors (Lipinski definition) is 5. The number of methoxy groups -OCH3 is 1. The normalized spacial score (nSPS) is 11.9. The second-order valence-corrected chi connectivity index (χ2v) is 12.1. The van der Waals surface area contributed by atoms with Crippen molar-refractivity contribution in [2.75, 3.05) is 30.8 Å². The number of hydrogen-bond donors (Lipinski definition) is 1. The molecule has 0 bridgehead atoms. The van der Waals surface area contributed by atoms with E-state index in [4.69, 9.17) is 4.74 Å². The molecule has 1 atom stereocenters. The van der Waals surface area contributed by atoms with Crippen LogP contribution in [0.25, 0.3) is 0 Å². The predicted molar refractivity (Wildman–Crippen MR) is 163 cm³/mol. The first-order valence-corrected chi connectivity index (χ1v) is 15.8. The third kappa shape index (κ3) is 9.63. The second-order valence-electron chi connectivity index (χ2n) is 10.1. The number of benzene rings is 3. The minimum Gasteiger partial charge on any atom is -0.497 e. The lowest BCUT2D eigenvalue weighted by molar-refractivity contribution is -0.141. The fourth-order valence-electron chi connectivity index (χ4n) is 4.58. The SMILES string of the molecule is CCCNC(=O)[C@H](Cc1ccccc1)N(Cc1ccc(C)cc1)C(=O)CCCN(c1cccc(OC)c1)S(C)(=O)=O. The molecule has 8 nitrogen and oxygen atoms in total. The van der Waals surface area contributed by atoms with E-state index in [1.54, 1.807) is 29.2 Å². The fraction of sp³-hybridized carbons (Fsp3) is 0.375. The number of carbonyl (C=O) groups excluding carboxylic acids is 2. The zero-order valence-corrected chi connectivity index (χ0v) is 25.2. The molecule has 0 saturated heterocycles. The van der Waals surface area contributed by atoms with Crippen molar-refractivity contribution in [3.8, 4) is 5.75 Å². The van der Waals surface area contributed by atoms with Crippen LogP contribution < -0.4 is 14.4 Å². The molecule has 9 heteroatoms. The van der Waals surface area contributed by atoms with Gasteiger partial charge in [-0.2, -0.15) is 0 Å². The largest absolute Gasteiger partial charge is 0.497 e. The molecule has 0 saturated carbocycles. The van der Waals surface area contributed by atoms with Gasteiger partial charge in [0.2, 0.25) is 21.8 Å². The maximum atomic E-state index is 13.9. The number of carbonyl (C=O) groups is 2. The number of sulfonamides is 1. The lowest BCUT2D eigenvalue weighted by Crippen LogP contribution is -2.50. The number of rotatable bonds is 15. The Bertz CT molecular complexity index is 1380. The van der Waals surface area contributed by atoms with Crippen LogP contribution in [0.1, 0.15) is 42.9 Å². The van der Waals surface area contributed by atoms with Crippen LogP contribution in [0.3, 0.4) is 0 Å². The van der Waals surface area contributed by atoms with Gasteiger partial charge in [0, 0.05) is 38.5 Å². The van der Waals surface area contributed by atoms with Crippen LogP contribution >= 0.6 is 0 Å². The minimum absolute atomic E-state index is 0.0776. The first-order chi connectivity index (χ1) is 19.6. The fourth-order valence-corrected chi connectivity index (χ4v) is 5.54. The summed E-state index contributed by atoms with van der Waals surface area (Å²) in [6.45, 7) is 4.88. The van der Waals surface area contributed by atoms with Crippen molar-refractivity contribution in [3.63, 3.8) is 0 Å². The third-order valence-electron chi connectivity index (χ3n) is 6.79.